The Kier molecular flexibility index (Phi) is 6.68. The Hall–Kier alpha value is -3.46. The minimum atomic E-state index is -0.191. The van der Waals surface area contributed by atoms with Gasteiger partial charge in [0.05, 0.1) is 23.3 Å². The predicted molar refractivity (Wildman–Crippen MR) is 131 cm³/mol. The van der Waals surface area contributed by atoms with Crippen molar-refractivity contribution in [3.63, 3.8) is 0 Å². The number of ether oxygens (including phenoxy) is 1. The van der Waals surface area contributed by atoms with E-state index in [2.05, 4.69) is 10.2 Å². The van der Waals surface area contributed by atoms with Crippen molar-refractivity contribution < 1.29 is 19.1 Å². The number of carbonyl (C=O) groups excluding carboxylic acids is 3. The van der Waals surface area contributed by atoms with Crippen molar-refractivity contribution in [2.75, 3.05) is 10.7 Å². The van der Waals surface area contributed by atoms with Crippen LogP contribution in [0.2, 0.25) is 0 Å². The van der Waals surface area contributed by atoms with E-state index < -0.39 is 0 Å². The first-order valence-corrected chi connectivity index (χ1v) is 12.7. The highest BCUT2D eigenvalue weighted by atomic mass is 32.2. The second-order valence-corrected chi connectivity index (χ2v) is 9.77. The average molecular weight is 491 g/mol. The third kappa shape index (κ3) is 4.73. The molecular weight excluding hydrogens is 464 g/mol. The molecule has 2 atom stereocenters. The van der Waals surface area contributed by atoms with Crippen molar-refractivity contribution in [1.29, 1.82) is 0 Å². The summed E-state index contributed by atoms with van der Waals surface area (Å²) in [6, 6.07) is 16.2. The van der Waals surface area contributed by atoms with Crippen molar-refractivity contribution in [3.8, 4) is 5.75 Å². The van der Waals surface area contributed by atoms with Gasteiger partial charge in [0, 0.05) is 12.6 Å². The van der Waals surface area contributed by atoms with Crippen LogP contribution >= 0.6 is 11.8 Å². The van der Waals surface area contributed by atoms with Gasteiger partial charge < -0.3 is 9.30 Å². The first kappa shape index (κ1) is 23.3. The molecule has 2 unspecified atom stereocenters. The van der Waals surface area contributed by atoms with Gasteiger partial charge in [-0.05, 0) is 49.2 Å². The number of thioether (sulfide) groups is 1. The summed E-state index contributed by atoms with van der Waals surface area (Å²) >= 11 is 1.30. The Morgan fingerprint density at radius 3 is 2.29 bits per heavy atom. The van der Waals surface area contributed by atoms with Crippen LogP contribution in [0.5, 0.6) is 5.75 Å². The molecule has 1 aliphatic carbocycles. The summed E-state index contributed by atoms with van der Waals surface area (Å²) in [7, 11) is 1.84. The van der Waals surface area contributed by atoms with Gasteiger partial charge in [0.15, 0.2) is 16.8 Å². The Morgan fingerprint density at radius 1 is 0.971 bits per heavy atom. The number of benzene rings is 2. The third-order valence-corrected chi connectivity index (χ3v) is 7.68. The first-order chi connectivity index (χ1) is 17.0. The molecule has 0 bridgehead atoms. The molecular formula is C26H26N4O4S. The van der Waals surface area contributed by atoms with E-state index in [0.717, 1.165) is 31.4 Å². The molecule has 35 heavy (non-hydrogen) atoms. The minimum Gasteiger partial charge on any atom is -0.486 e. The van der Waals surface area contributed by atoms with E-state index in [1.54, 1.807) is 24.3 Å². The molecule has 1 aromatic heterocycles. The normalized spacial score (nSPS) is 19.6. The average Bonchev–Trinajstić information content (AvgIpc) is 3.38. The van der Waals surface area contributed by atoms with Crippen LogP contribution < -0.4 is 9.64 Å². The van der Waals surface area contributed by atoms with Crippen LogP contribution in [-0.4, -0.2) is 38.1 Å². The topological polar surface area (TPSA) is 94.4 Å². The van der Waals surface area contributed by atoms with Gasteiger partial charge in [-0.1, -0.05) is 42.8 Å². The molecule has 9 heteroatoms. The van der Waals surface area contributed by atoms with Crippen molar-refractivity contribution in [2.45, 2.75) is 37.4 Å². The maximum Gasteiger partial charge on any atom is 0.237 e. The second kappa shape index (κ2) is 10.0. The summed E-state index contributed by atoms with van der Waals surface area (Å²) in [6.45, 7) is 0.277. The van der Waals surface area contributed by atoms with Gasteiger partial charge in [0.25, 0.3) is 0 Å². The van der Waals surface area contributed by atoms with Gasteiger partial charge in [-0.2, -0.15) is 0 Å². The number of anilines is 1. The molecule has 2 fully saturated rings. The molecule has 0 radical (unpaired) electrons. The molecule has 2 amide bonds. The maximum absolute atomic E-state index is 12.8. The molecule has 2 aromatic carbocycles. The number of rotatable bonds is 8. The zero-order valence-electron chi connectivity index (χ0n) is 19.4. The summed E-state index contributed by atoms with van der Waals surface area (Å²) < 4.78 is 7.54. The number of para-hydroxylation sites is 1. The number of ketones is 1. The Morgan fingerprint density at radius 2 is 1.63 bits per heavy atom. The standard InChI is InChI=1S/C26H26N4O4S/c1-29-23(15-34-19-7-3-2-4-8-19)27-28-26(29)35-16-22(31)17-11-13-18(14-12-17)30-24(32)20-9-5-6-10-21(20)25(30)33/h2-4,7-8,11-14,20-21H,5-6,9-10,15-16H2,1H3. The summed E-state index contributed by atoms with van der Waals surface area (Å²) in [5.41, 5.74) is 1.06. The van der Waals surface area contributed by atoms with Crippen molar-refractivity contribution in [3.05, 3.63) is 66.0 Å². The zero-order chi connectivity index (χ0) is 24.4. The number of amides is 2. The quantitative estimate of drug-likeness (QED) is 0.267. The Bertz CT molecular complexity index is 1220. The number of fused-ring (bicyclic) bond motifs is 1. The van der Waals surface area contributed by atoms with Crippen LogP contribution in [0.4, 0.5) is 5.69 Å². The number of hydrogen-bond donors (Lipinski definition) is 0. The van der Waals surface area contributed by atoms with Crippen LogP contribution in [0.25, 0.3) is 0 Å². The zero-order valence-corrected chi connectivity index (χ0v) is 20.2. The van der Waals surface area contributed by atoms with E-state index in [4.69, 9.17) is 4.74 Å². The molecule has 2 heterocycles. The monoisotopic (exact) mass is 490 g/mol. The van der Waals surface area contributed by atoms with Gasteiger partial charge in [0.2, 0.25) is 11.8 Å². The number of Topliss-reactive ketones (excluding diaryl/α,β-unsaturated/α-hetero) is 1. The van der Waals surface area contributed by atoms with Crippen molar-refractivity contribution in [2.24, 2.45) is 18.9 Å². The summed E-state index contributed by atoms with van der Waals surface area (Å²) in [6.07, 6.45) is 3.54. The van der Waals surface area contributed by atoms with Crippen LogP contribution in [0.1, 0.15) is 41.9 Å². The van der Waals surface area contributed by atoms with Crippen LogP contribution in [-0.2, 0) is 23.2 Å². The summed E-state index contributed by atoms with van der Waals surface area (Å²) in [5, 5.41) is 8.97. The Labute approximate surface area is 207 Å². The fraction of sp³-hybridized carbons (Fsp3) is 0.346. The lowest BCUT2D eigenvalue weighted by Gasteiger charge is -2.19. The third-order valence-electron chi connectivity index (χ3n) is 6.66. The number of imide groups is 1. The number of carbonyl (C=O) groups is 3. The second-order valence-electron chi connectivity index (χ2n) is 8.83. The van der Waals surface area contributed by atoms with Crippen molar-refractivity contribution >= 4 is 35.0 Å². The molecule has 1 aliphatic heterocycles. The summed E-state index contributed by atoms with van der Waals surface area (Å²) in [5.74, 6) is 0.933. The molecule has 0 N–H and O–H groups in total. The SMILES string of the molecule is Cn1c(COc2ccccc2)nnc1SCC(=O)c1ccc(N2C(=O)C3CCCCC3C2=O)cc1. The lowest BCUT2D eigenvalue weighted by Crippen LogP contribution is -2.30. The van der Waals surface area contributed by atoms with Crippen LogP contribution in [0.3, 0.4) is 0 Å². The Balaban J connectivity index is 1.19. The lowest BCUT2D eigenvalue weighted by molar-refractivity contribution is -0.122. The smallest absolute Gasteiger partial charge is 0.237 e. The fourth-order valence-electron chi connectivity index (χ4n) is 4.69. The van der Waals surface area contributed by atoms with E-state index in [0.29, 0.717) is 22.2 Å². The largest absolute Gasteiger partial charge is 0.486 e. The molecule has 3 aromatic rings. The van der Waals surface area contributed by atoms with E-state index in [1.165, 1.54) is 16.7 Å². The highest BCUT2D eigenvalue weighted by Gasteiger charge is 2.48. The fourth-order valence-corrected chi connectivity index (χ4v) is 5.51. The van der Waals surface area contributed by atoms with Gasteiger partial charge in [-0.15, -0.1) is 10.2 Å². The molecule has 1 saturated heterocycles. The predicted octanol–water partition coefficient (Wildman–Crippen LogP) is 4.05. The number of nitrogens with zero attached hydrogens (tertiary/aromatic N) is 4. The van der Waals surface area contributed by atoms with Gasteiger partial charge in [-0.25, -0.2) is 0 Å². The molecule has 0 spiro atoms. The van der Waals surface area contributed by atoms with Gasteiger partial charge >= 0.3 is 0 Å². The first-order valence-electron chi connectivity index (χ1n) is 11.7. The van der Waals surface area contributed by atoms with E-state index in [-0.39, 0.29) is 41.8 Å². The number of aromatic nitrogens is 3. The minimum absolute atomic E-state index is 0.0700. The molecule has 1 saturated carbocycles. The molecule has 5 rings (SSSR count). The van der Waals surface area contributed by atoms with Crippen LogP contribution in [0.15, 0.2) is 59.8 Å². The van der Waals surface area contributed by atoms with Crippen molar-refractivity contribution in [1.82, 2.24) is 14.8 Å². The molecule has 180 valence electrons. The summed E-state index contributed by atoms with van der Waals surface area (Å²) in [4.78, 5) is 39.7. The van der Waals surface area contributed by atoms with E-state index in [9.17, 15) is 14.4 Å². The van der Waals surface area contributed by atoms with E-state index in [1.807, 2.05) is 41.9 Å². The molecule has 8 nitrogen and oxygen atoms in total. The molecule has 2 aliphatic rings. The van der Waals surface area contributed by atoms with Crippen LogP contribution in [0, 0.1) is 11.8 Å². The highest BCUT2D eigenvalue weighted by Crippen LogP contribution is 2.40. The highest BCUT2D eigenvalue weighted by molar-refractivity contribution is 7.99. The van der Waals surface area contributed by atoms with Gasteiger partial charge in [0.1, 0.15) is 12.4 Å². The maximum atomic E-state index is 12.8. The number of hydrogen-bond acceptors (Lipinski definition) is 7. The van der Waals surface area contributed by atoms with E-state index >= 15 is 0 Å². The van der Waals surface area contributed by atoms with Gasteiger partial charge in [-0.3, -0.25) is 19.3 Å². The lowest BCUT2D eigenvalue weighted by atomic mass is 9.81.